The van der Waals surface area contributed by atoms with Crippen LogP contribution < -0.4 is 5.73 Å². The lowest BCUT2D eigenvalue weighted by Gasteiger charge is -2.10. The highest BCUT2D eigenvalue weighted by Crippen LogP contribution is 2.34. The van der Waals surface area contributed by atoms with E-state index in [-0.39, 0.29) is 11.3 Å². The van der Waals surface area contributed by atoms with Gasteiger partial charge in [0.2, 0.25) is 0 Å². The molecule has 0 fully saturated rings. The lowest BCUT2D eigenvalue weighted by molar-refractivity contribution is -0.138. The molecule has 1 atom stereocenters. The van der Waals surface area contributed by atoms with Gasteiger partial charge in [-0.05, 0) is 28.1 Å². The van der Waals surface area contributed by atoms with E-state index in [9.17, 15) is 9.90 Å². The second-order valence-electron chi connectivity index (χ2n) is 2.64. The Kier molecular flexibility index (Phi) is 3.36. The quantitative estimate of drug-likeness (QED) is 0.772. The first-order valence-corrected chi connectivity index (χ1v) is 4.77. The first-order valence-electron chi connectivity index (χ1n) is 3.59. The molecule has 0 saturated heterocycles. The van der Waals surface area contributed by atoms with Crippen molar-refractivity contribution in [2.75, 3.05) is 0 Å². The summed E-state index contributed by atoms with van der Waals surface area (Å²) in [6.45, 7) is 0. The number of hydrogen-bond acceptors (Lipinski definition) is 3. The second-order valence-corrected chi connectivity index (χ2v) is 3.93. The molecule has 1 rings (SSSR count). The first kappa shape index (κ1) is 11.3. The van der Waals surface area contributed by atoms with Gasteiger partial charge in [0, 0.05) is 10.6 Å². The maximum Gasteiger partial charge on any atom is 0.325 e. The lowest BCUT2D eigenvalue weighted by Crippen LogP contribution is -2.20. The zero-order chi connectivity index (χ0) is 10.9. The highest BCUT2D eigenvalue weighted by molar-refractivity contribution is 9.10. The number of phenols is 1. The highest BCUT2D eigenvalue weighted by Gasteiger charge is 2.20. The van der Waals surface area contributed by atoms with Crippen molar-refractivity contribution in [3.63, 3.8) is 0 Å². The summed E-state index contributed by atoms with van der Waals surface area (Å²) in [5.41, 5.74) is 5.42. The fourth-order valence-corrected chi connectivity index (χ4v) is 1.79. The van der Waals surface area contributed by atoms with E-state index < -0.39 is 12.0 Å². The molecule has 1 aromatic carbocycles. The van der Waals surface area contributed by atoms with Crippen LogP contribution in [0.15, 0.2) is 16.6 Å². The van der Waals surface area contributed by atoms with E-state index in [0.717, 1.165) is 0 Å². The third kappa shape index (κ3) is 2.17. The summed E-state index contributed by atoms with van der Waals surface area (Å²) in [4.78, 5) is 10.6. The molecule has 4 N–H and O–H groups in total. The summed E-state index contributed by atoms with van der Waals surface area (Å²) in [6, 6.07) is 1.49. The number of aromatic hydroxyl groups is 1. The Bertz CT molecular complexity index is 383. The molecule has 0 amide bonds. The van der Waals surface area contributed by atoms with Crippen LogP contribution in [0.25, 0.3) is 0 Å². The Morgan fingerprint density at radius 1 is 1.57 bits per heavy atom. The topological polar surface area (TPSA) is 83.6 Å². The summed E-state index contributed by atoms with van der Waals surface area (Å²) in [6.07, 6.45) is 0. The van der Waals surface area contributed by atoms with Gasteiger partial charge >= 0.3 is 5.97 Å². The van der Waals surface area contributed by atoms with Gasteiger partial charge in [-0.25, -0.2) is 0 Å². The zero-order valence-electron chi connectivity index (χ0n) is 6.87. The van der Waals surface area contributed by atoms with Crippen molar-refractivity contribution >= 4 is 33.5 Å². The third-order valence-corrected chi connectivity index (χ3v) is 2.48. The molecule has 0 spiro atoms. The van der Waals surface area contributed by atoms with E-state index in [1.54, 1.807) is 0 Å². The maximum atomic E-state index is 10.6. The fraction of sp³-hybridized carbons (Fsp3) is 0.125. The van der Waals surface area contributed by atoms with Crippen molar-refractivity contribution in [2.24, 2.45) is 5.73 Å². The summed E-state index contributed by atoms with van der Waals surface area (Å²) >= 11 is 8.71. The van der Waals surface area contributed by atoms with Crippen molar-refractivity contribution in [1.29, 1.82) is 0 Å². The smallest absolute Gasteiger partial charge is 0.325 e. The number of carboxylic acid groups (broad SMARTS) is 1. The van der Waals surface area contributed by atoms with Crippen molar-refractivity contribution in [2.45, 2.75) is 6.04 Å². The molecule has 0 unspecified atom stereocenters. The van der Waals surface area contributed by atoms with E-state index in [1.807, 2.05) is 0 Å². The minimum Gasteiger partial charge on any atom is -0.506 e. The summed E-state index contributed by atoms with van der Waals surface area (Å²) in [5.74, 6) is -1.43. The van der Waals surface area contributed by atoms with Gasteiger partial charge < -0.3 is 15.9 Å². The number of aliphatic carboxylic acids is 1. The Balaban J connectivity index is 3.26. The van der Waals surface area contributed by atoms with Gasteiger partial charge in [-0.2, -0.15) is 0 Å². The van der Waals surface area contributed by atoms with Crippen molar-refractivity contribution in [3.05, 3.63) is 27.2 Å². The first-order chi connectivity index (χ1) is 6.43. The SMILES string of the molecule is N[C@H](C(=O)O)c1cc(Cl)cc(Br)c1O. The van der Waals surface area contributed by atoms with Gasteiger partial charge in [0.1, 0.15) is 11.8 Å². The average molecular weight is 281 g/mol. The van der Waals surface area contributed by atoms with Crippen molar-refractivity contribution in [1.82, 2.24) is 0 Å². The Labute approximate surface area is 93.4 Å². The van der Waals surface area contributed by atoms with Crippen LogP contribution in [-0.2, 0) is 4.79 Å². The van der Waals surface area contributed by atoms with Gasteiger partial charge in [0.25, 0.3) is 0 Å². The predicted molar refractivity (Wildman–Crippen MR) is 55.4 cm³/mol. The van der Waals surface area contributed by atoms with Gasteiger partial charge in [-0.3, -0.25) is 4.79 Å². The molecule has 1 aromatic rings. The number of benzene rings is 1. The second kappa shape index (κ2) is 4.16. The van der Waals surface area contributed by atoms with Crippen LogP contribution in [0.3, 0.4) is 0 Å². The summed E-state index contributed by atoms with van der Waals surface area (Å²) < 4.78 is 0.316. The van der Waals surface area contributed by atoms with Crippen LogP contribution in [0, 0.1) is 0 Å². The van der Waals surface area contributed by atoms with Gasteiger partial charge in [0.05, 0.1) is 4.47 Å². The minimum absolute atomic E-state index is 0.0804. The van der Waals surface area contributed by atoms with Gasteiger partial charge in [0.15, 0.2) is 0 Å². The molecule has 0 aliphatic rings. The number of carboxylic acids is 1. The number of rotatable bonds is 2. The monoisotopic (exact) mass is 279 g/mol. The van der Waals surface area contributed by atoms with Crippen LogP contribution >= 0.6 is 27.5 Å². The third-order valence-electron chi connectivity index (χ3n) is 1.66. The van der Waals surface area contributed by atoms with E-state index in [4.69, 9.17) is 22.4 Å². The standard InChI is InChI=1S/C8H7BrClNO3/c9-5-2-3(10)1-4(7(5)12)6(11)8(13)14/h1-2,6,12H,11H2,(H,13,14)/t6-/m0/s1. The van der Waals surface area contributed by atoms with Crippen LogP contribution in [0.4, 0.5) is 0 Å². The molecule has 0 aliphatic carbocycles. The van der Waals surface area contributed by atoms with Crippen LogP contribution in [0.2, 0.25) is 5.02 Å². The highest BCUT2D eigenvalue weighted by atomic mass is 79.9. The van der Waals surface area contributed by atoms with Crippen molar-refractivity contribution in [3.8, 4) is 5.75 Å². The van der Waals surface area contributed by atoms with Gasteiger partial charge in [-0.15, -0.1) is 0 Å². The summed E-state index contributed by atoms with van der Waals surface area (Å²) in [7, 11) is 0. The molecular weight excluding hydrogens is 273 g/mol. The molecule has 6 heteroatoms. The van der Waals surface area contributed by atoms with E-state index in [2.05, 4.69) is 15.9 Å². The number of carbonyl (C=O) groups is 1. The summed E-state index contributed by atoms with van der Waals surface area (Å²) in [5, 5.41) is 18.4. The van der Waals surface area contributed by atoms with E-state index in [1.165, 1.54) is 12.1 Å². The molecular formula is C8H7BrClNO3. The number of halogens is 2. The molecule has 0 radical (unpaired) electrons. The van der Waals surface area contributed by atoms with E-state index >= 15 is 0 Å². The molecule has 76 valence electrons. The molecule has 0 aromatic heterocycles. The van der Waals surface area contributed by atoms with Crippen LogP contribution in [0.5, 0.6) is 5.75 Å². The Morgan fingerprint density at radius 3 is 2.64 bits per heavy atom. The average Bonchev–Trinajstić information content (AvgIpc) is 2.09. The molecule has 0 bridgehead atoms. The number of nitrogens with two attached hydrogens (primary N) is 1. The lowest BCUT2D eigenvalue weighted by atomic mass is 10.1. The van der Waals surface area contributed by atoms with Crippen molar-refractivity contribution < 1.29 is 15.0 Å². The Morgan fingerprint density at radius 2 is 2.14 bits per heavy atom. The molecule has 0 aliphatic heterocycles. The maximum absolute atomic E-state index is 10.6. The predicted octanol–water partition coefficient (Wildman–Crippen LogP) is 1.89. The normalized spacial score (nSPS) is 12.5. The molecule has 14 heavy (non-hydrogen) atoms. The zero-order valence-corrected chi connectivity index (χ0v) is 9.21. The molecule has 0 heterocycles. The van der Waals surface area contributed by atoms with Crippen LogP contribution in [0.1, 0.15) is 11.6 Å². The Hall–Kier alpha value is -0.780. The molecule has 0 saturated carbocycles. The number of phenolic OH excluding ortho intramolecular Hbond substituents is 1. The molecule has 4 nitrogen and oxygen atoms in total. The fourth-order valence-electron chi connectivity index (χ4n) is 0.956. The number of hydrogen-bond donors (Lipinski definition) is 3. The largest absolute Gasteiger partial charge is 0.506 e. The minimum atomic E-state index is -1.29. The van der Waals surface area contributed by atoms with Crippen LogP contribution in [-0.4, -0.2) is 16.2 Å². The van der Waals surface area contributed by atoms with Gasteiger partial charge in [-0.1, -0.05) is 11.6 Å². The van der Waals surface area contributed by atoms with E-state index in [0.29, 0.717) is 9.50 Å².